The first-order chi connectivity index (χ1) is 15.7. The minimum atomic E-state index is -4.77. The van der Waals surface area contributed by atoms with E-state index in [-0.39, 0.29) is 18.8 Å². The molecule has 2 N–H and O–H groups in total. The van der Waals surface area contributed by atoms with Crippen LogP contribution in [0, 0.1) is 0 Å². The van der Waals surface area contributed by atoms with Crippen LogP contribution in [0.25, 0.3) is 5.65 Å². The summed E-state index contributed by atoms with van der Waals surface area (Å²) in [7, 11) is 0. The van der Waals surface area contributed by atoms with Crippen molar-refractivity contribution in [2.75, 3.05) is 18.0 Å². The summed E-state index contributed by atoms with van der Waals surface area (Å²) in [5, 5.41) is 16.7. The van der Waals surface area contributed by atoms with Crippen molar-refractivity contribution in [1.29, 1.82) is 0 Å². The Morgan fingerprint density at radius 3 is 2.70 bits per heavy atom. The van der Waals surface area contributed by atoms with Gasteiger partial charge in [0.1, 0.15) is 12.3 Å². The van der Waals surface area contributed by atoms with E-state index in [0.717, 1.165) is 41.9 Å². The van der Waals surface area contributed by atoms with Crippen molar-refractivity contribution in [2.24, 2.45) is 0 Å². The summed E-state index contributed by atoms with van der Waals surface area (Å²) < 4.78 is 42.8. The Labute approximate surface area is 186 Å². The molecular formula is C21H22F3N5O4. The molecule has 0 spiro atoms. The number of carbonyl (C=O) groups is 1. The summed E-state index contributed by atoms with van der Waals surface area (Å²) in [6.07, 6.45) is -1.96. The van der Waals surface area contributed by atoms with E-state index >= 15 is 0 Å². The smallest absolute Gasteiger partial charge is 0.406 e. The molecule has 3 aromatic rings. The topological polar surface area (TPSA) is 101 Å². The Kier molecular flexibility index (Phi) is 6.27. The number of carbonyl (C=O) groups excluding carboxylic acids is 1. The highest BCUT2D eigenvalue weighted by Gasteiger charge is 2.31. The predicted octanol–water partition coefficient (Wildman–Crippen LogP) is 1.67. The molecule has 1 amide bonds. The average molecular weight is 465 g/mol. The van der Waals surface area contributed by atoms with Crippen molar-refractivity contribution < 1.29 is 27.8 Å². The molecule has 1 aromatic carbocycles. The number of nitrogens with zero attached hydrogens (tertiary/aromatic N) is 4. The second kappa shape index (κ2) is 9.14. The first-order valence-electron chi connectivity index (χ1n) is 10.3. The number of pyridine rings is 1. The van der Waals surface area contributed by atoms with Crippen molar-refractivity contribution in [3.8, 4) is 5.75 Å². The molecule has 1 aliphatic heterocycles. The zero-order chi connectivity index (χ0) is 23.6. The molecule has 9 nitrogen and oxygen atoms in total. The Morgan fingerprint density at radius 2 is 2.00 bits per heavy atom. The molecule has 33 heavy (non-hydrogen) atoms. The number of alkyl halides is 3. The fourth-order valence-electron chi connectivity index (χ4n) is 3.70. The zero-order valence-corrected chi connectivity index (χ0v) is 17.5. The maximum Gasteiger partial charge on any atom is 0.573 e. The van der Waals surface area contributed by atoms with Crippen LogP contribution in [0.2, 0.25) is 0 Å². The van der Waals surface area contributed by atoms with Crippen LogP contribution in [0.4, 0.5) is 18.9 Å². The molecule has 1 saturated heterocycles. The third-order valence-electron chi connectivity index (χ3n) is 5.27. The van der Waals surface area contributed by atoms with Gasteiger partial charge in [-0.15, -0.1) is 18.3 Å². The fraction of sp³-hybridized carbons (Fsp3) is 0.381. The number of rotatable bonds is 6. The first-order valence-corrected chi connectivity index (χ1v) is 10.3. The third-order valence-corrected chi connectivity index (χ3v) is 5.27. The Bertz CT molecular complexity index is 1190. The summed E-state index contributed by atoms with van der Waals surface area (Å²) in [4.78, 5) is 26.9. The van der Waals surface area contributed by atoms with Gasteiger partial charge in [0, 0.05) is 37.6 Å². The van der Waals surface area contributed by atoms with Gasteiger partial charge in [-0.3, -0.25) is 9.20 Å². The lowest BCUT2D eigenvalue weighted by molar-refractivity contribution is -0.274. The summed E-state index contributed by atoms with van der Waals surface area (Å²) in [5.74, 6) is -0.831. The predicted molar refractivity (Wildman–Crippen MR) is 112 cm³/mol. The van der Waals surface area contributed by atoms with Crippen LogP contribution >= 0.6 is 0 Å². The van der Waals surface area contributed by atoms with Gasteiger partial charge in [-0.2, -0.15) is 0 Å². The molecule has 0 aliphatic carbocycles. The van der Waals surface area contributed by atoms with Gasteiger partial charge >= 0.3 is 12.1 Å². The van der Waals surface area contributed by atoms with Crippen molar-refractivity contribution in [3.05, 3.63) is 58.6 Å². The highest BCUT2D eigenvalue weighted by molar-refractivity contribution is 5.75. The van der Waals surface area contributed by atoms with Gasteiger partial charge in [0.25, 0.3) is 0 Å². The molecule has 1 fully saturated rings. The number of aromatic nitrogens is 3. The molecule has 4 rings (SSSR count). The lowest BCUT2D eigenvalue weighted by atomic mass is 10.1. The minimum Gasteiger partial charge on any atom is -0.406 e. The molecule has 12 heteroatoms. The molecule has 0 saturated carbocycles. The minimum absolute atomic E-state index is 0.0642. The molecule has 0 radical (unpaired) electrons. The highest BCUT2D eigenvalue weighted by atomic mass is 19.4. The van der Waals surface area contributed by atoms with Crippen LogP contribution in [0.15, 0.2) is 47.4 Å². The number of fused-ring (bicyclic) bond motifs is 1. The number of benzene rings is 1. The number of β-amino-alcohol motifs (C(OH)–C–C–N with tert-alkyl or cyclic N) is 1. The van der Waals surface area contributed by atoms with E-state index in [4.69, 9.17) is 0 Å². The number of anilines is 1. The van der Waals surface area contributed by atoms with Crippen molar-refractivity contribution in [3.63, 3.8) is 0 Å². The van der Waals surface area contributed by atoms with E-state index in [9.17, 15) is 27.9 Å². The summed E-state index contributed by atoms with van der Waals surface area (Å²) >= 11 is 0. The average Bonchev–Trinajstić information content (AvgIpc) is 3.07. The first kappa shape index (κ1) is 22.6. The monoisotopic (exact) mass is 465 g/mol. The van der Waals surface area contributed by atoms with Crippen LogP contribution in [-0.2, 0) is 17.9 Å². The van der Waals surface area contributed by atoms with Gasteiger partial charge in [0.2, 0.25) is 5.91 Å². The van der Waals surface area contributed by atoms with Gasteiger partial charge < -0.3 is 20.1 Å². The SMILES string of the molecule is O=C(Cn1nc2cc(N3CCC[C@H](O)C3)ccn2c1=O)NCc1ccc(OC(F)(F)F)cc1. The lowest BCUT2D eigenvalue weighted by Gasteiger charge is -2.31. The van der Waals surface area contributed by atoms with Gasteiger partial charge in [0.15, 0.2) is 5.65 Å². The van der Waals surface area contributed by atoms with Crippen LogP contribution in [0.1, 0.15) is 18.4 Å². The fourth-order valence-corrected chi connectivity index (χ4v) is 3.70. The Balaban J connectivity index is 1.38. The number of ether oxygens (including phenoxy) is 1. The summed E-state index contributed by atoms with van der Waals surface area (Å²) in [6.45, 7) is 1.05. The molecule has 1 aliphatic rings. The van der Waals surface area contributed by atoms with E-state index in [0.29, 0.717) is 17.8 Å². The molecule has 3 heterocycles. The number of hydrogen-bond acceptors (Lipinski definition) is 6. The van der Waals surface area contributed by atoms with Crippen LogP contribution in [0.3, 0.4) is 0 Å². The number of amides is 1. The molecule has 2 aromatic heterocycles. The number of piperidine rings is 1. The van der Waals surface area contributed by atoms with Crippen molar-refractivity contribution in [2.45, 2.75) is 38.4 Å². The Morgan fingerprint density at radius 1 is 1.24 bits per heavy atom. The van der Waals surface area contributed by atoms with E-state index in [1.54, 1.807) is 18.3 Å². The normalized spacial score (nSPS) is 16.7. The standard InChI is InChI=1S/C21H22F3N5O4/c22-21(23,24)33-17-5-3-14(4-6-17)11-25-19(31)13-29-20(32)28-9-7-15(10-18(28)26-29)27-8-1-2-16(30)12-27/h3-7,9-10,16,30H,1-2,8,11-13H2,(H,25,31)/t16-/m0/s1. The Hall–Kier alpha value is -3.54. The molecule has 0 bridgehead atoms. The second-order valence-electron chi connectivity index (χ2n) is 7.76. The number of aliphatic hydroxyl groups is 1. The zero-order valence-electron chi connectivity index (χ0n) is 17.5. The molecule has 0 unspecified atom stereocenters. The van der Waals surface area contributed by atoms with Crippen molar-refractivity contribution >= 4 is 17.2 Å². The largest absolute Gasteiger partial charge is 0.573 e. The van der Waals surface area contributed by atoms with Crippen LogP contribution in [-0.4, -0.2) is 50.8 Å². The third kappa shape index (κ3) is 5.64. The molecule has 176 valence electrons. The molecule has 1 atom stereocenters. The van der Waals surface area contributed by atoms with Gasteiger partial charge in [-0.05, 0) is 36.6 Å². The highest BCUT2D eigenvalue weighted by Crippen LogP contribution is 2.23. The molecular weight excluding hydrogens is 443 g/mol. The summed E-state index contributed by atoms with van der Waals surface area (Å²) in [5.41, 5.74) is 1.30. The van der Waals surface area contributed by atoms with Crippen molar-refractivity contribution in [1.82, 2.24) is 19.5 Å². The maximum atomic E-state index is 12.6. The van der Waals surface area contributed by atoms with E-state index in [1.807, 2.05) is 4.90 Å². The lowest BCUT2D eigenvalue weighted by Crippen LogP contribution is -2.38. The van der Waals surface area contributed by atoms with Crippen LogP contribution < -0.4 is 20.6 Å². The van der Waals surface area contributed by atoms with Gasteiger partial charge in [-0.1, -0.05) is 12.1 Å². The van der Waals surface area contributed by atoms with E-state index in [1.165, 1.54) is 16.5 Å². The van der Waals surface area contributed by atoms with E-state index < -0.39 is 24.1 Å². The maximum absolute atomic E-state index is 12.6. The second-order valence-corrected chi connectivity index (χ2v) is 7.76. The van der Waals surface area contributed by atoms with Gasteiger partial charge in [0.05, 0.1) is 6.10 Å². The number of aliphatic hydroxyl groups excluding tert-OH is 1. The number of halogens is 3. The number of nitrogens with one attached hydrogen (secondary N) is 1. The summed E-state index contributed by atoms with van der Waals surface area (Å²) in [6, 6.07) is 8.61. The number of hydrogen-bond donors (Lipinski definition) is 2. The van der Waals surface area contributed by atoms with Crippen LogP contribution in [0.5, 0.6) is 5.75 Å². The van der Waals surface area contributed by atoms with Gasteiger partial charge in [-0.25, -0.2) is 9.48 Å². The quantitative estimate of drug-likeness (QED) is 0.575. The van der Waals surface area contributed by atoms with E-state index in [2.05, 4.69) is 15.2 Å².